The zero-order valence-corrected chi connectivity index (χ0v) is 15.4. The zero-order chi connectivity index (χ0) is 19.4. The number of amides is 1. The molecule has 9 nitrogen and oxygen atoms in total. The van der Waals surface area contributed by atoms with Crippen LogP contribution in [0.4, 0.5) is 11.6 Å². The molecule has 2 heterocycles. The summed E-state index contributed by atoms with van der Waals surface area (Å²) >= 11 is 12.3. The number of hydrogen-bond donors (Lipinski definition) is 1. The molecule has 3 aromatic rings. The molecule has 140 valence electrons. The number of halogens is 2. The molecule has 0 aliphatic carbocycles. The van der Waals surface area contributed by atoms with Gasteiger partial charge in [0.05, 0.1) is 30.5 Å². The number of carbonyl (C=O) groups excluding carboxylic acids is 1. The Hall–Kier alpha value is -2.91. The average Bonchev–Trinajstić information content (AvgIpc) is 3.22. The predicted octanol–water partition coefficient (Wildman–Crippen LogP) is 3.37. The molecule has 0 aliphatic heterocycles. The Balaban J connectivity index is 1.58. The van der Waals surface area contributed by atoms with Crippen LogP contribution in [-0.4, -0.2) is 30.4 Å². The first-order valence-corrected chi connectivity index (χ1v) is 8.62. The molecule has 0 saturated heterocycles. The van der Waals surface area contributed by atoms with Gasteiger partial charge in [0.2, 0.25) is 5.91 Å². The van der Waals surface area contributed by atoms with E-state index in [0.717, 1.165) is 5.56 Å². The van der Waals surface area contributed by atoms with Crippen LogP contribution in [0.1, 0.15) is 12.0 Å². The highest BCUT2D eigenvalue weighted by atomic mass is 35.5. The van der Waals surface area contributed by atoms with E-state index in [1.165, 1.54) is 16.9 Å². The summed E-state index contributed by atoms with van der Waals surface area (Å²) in [6.45, 7) is 0.601. The molecule has 0 atom stereocenters. The van der Waals surface area contributed by atoms with Crippen LogP contribution < -0.4 is 5.32 Å². The molecule has 0 fully saturated rings. The van der Waals surface area contributed by atoms with Crippen molar-refractivity contribution in [1.29, 1.82) is 0 Å². The number of carbonyl (C=O) groups is 1. The number of aromatic nitrogens is 4. The molecule has 1 N–H and O–H groups in total. The van der Waals surface area contributed by atoms with Crippen LogP contribution in [0.2, 0.25) is 10.0 Å². The van der Waals surface area contributed by atoms with Gasteiger partial charge in [-0.05, 0) is 16.6 Å². The molecule has 0 radical (unpaired) electrons. The van der Waals surface area contributed by atoms with Crippen LogP contribution >= 0.6 is 23.2 Å². The maximum Gasteiger partial charge on any atom is 0.389 e. The van der Waals surface area contributed by atoms with Gasteiger partial charge in [-0.2, -0.15) is 9.78 Å². The molecular weight excluding hydrogens is 395 g/mol. The summed E-state index contributed by atoms with van der Waals surface area (Å²) in [5.74, 6) is -0.366. The molecule has 0 bridgehead atoms. The van der Waals surface area contributed by atoms with Crippen LogP contribution in [0, 0.1) is 10.1 Å². The van der Waals surface area contributed by atoms with Crippen molar-refractivity contribution in [2.24, 2.45) is 0 Å². The third-order valence-corrected chi connectivity index (χ3v) is 4.29. The number of hydrogen-bond acceptors (Lipinski definition) is 5. The van der Waals surface area contributed by atoms with Gasteiger partial charge in [-0.25, -0.2) is 0 Å². The molecule has 0 spiro atoms. The highest BCUT2D eigenvalue weighted by Gasteiger charge is 2.14. The van der Waals surface area contributed by atoms with E-state index in [1.807, 2.05) is 18.2 Å². The van der Waals surface area contributed by atoms with E-state index in [1.54, 1.807) is 16.9 Å². The molecule has 1 amide bonds. The number of rotatable bonds is 7. The van der Waals surface area contributed by atoms with Crippen molar-refractivity contribution in [2.45, 2.75) is 19.5 Å². The van der Waals surface area contributed by atoms with Crippen LogP contribution in [-0.2, 0) is 17.9 Å². The minimum absolute atomic E-state index is 0.0620. The first kappa shape index (κ1) is 18.9. The van der Waals surface area contributed by atoms with E-state index in [-0.39, 0.29) is 30.5 Å². The fourth-order valence-corrected chi connectivity index (χ4v) is 2.74. The van der Waals surface area contributed by atoms with E-state index in [9.17, 15) is 14.9 Å². The molecule has 11 heteroatoms. The zero-order valence-electron chi connectivity index (χ0n) is 13.9. The van der Waals surface area contributed by atoms with Crippen LogP contribution in [0.3, 0.4) is 0 Å². The molecule has 0 saturated carbocycles. The standard InChI is InChI=1S/C16H14Cl2N6O3/c17-12-4-2-1-3-11(12)9-23-10-13(18)16(21-23)19-15(25)6-8-22-7-5-14(20-22)24(26)27/h1-5,7,10H,6,8-9H2,(H,19,21,25). The Labute approximate surface area is 163 Å². The summed E-state index contributed by atoms with van der Waals surface area (Å²) in [6, 6.07) is 8.63. The summed E-state index contributed by atoms with van der Waals surface area (Å²) < 4.78 is 2.91. The summed E-state index contributed by atoms with van der Waals surface area (Å²) in [7, 11) is 0. The quantitative estimate of drug-likeness (QED) is 0.476. The van der Waals surface area contributed by atoms with Gasteiger partial charge < -0.3 is 15.4 Å². The molecule has 0 aliphatic rings. The smallest absolute Gasteiger partial charge is 0.358 e. The first-order valence-electron chi connectivity index (χ1n) is 7.86. The van der Waals surface area contributed by atoms with E-state index < -0.39 is 4.92 Å². The molecule has 2 aromatic heterocycles. The lowest BCUT2D eigenvalue weighted by Crippen LogP contribution is -2.15. The number of aryl methyl sites for hydroxylation is 1. The van der Waals surface area contributed by atoms with Crippen molar-refractivity contribution >= 4 is 40.7 Å². The number of nitrogens with zero attached hydrogens (tertiary/aromatic N) is 5. The number of anilines is 1. The van der Waals surface area contributed by atoms with Gasteiger partial charge in [0.15, 0.2) is 5.82 Å². The Kier molecular flexibility index (Phi) is 5.72. The molecular formula is C16H14Cl2N6O3. The third kappa shape index (κ3) is 4.83. The monoisotopic (exact) mass is 408 g/mol. The van der Waals surface area contributed by atoms with Gasteiger partial charge in [0, 0.05) is 17.6 Å². The highest BCUT2D eigenvalue weighted by molar-refractivity contribution is 6.33. The SMILES string of the molecule is O=C(CCn1ccc([N+](=O)[O-])n1)Nc1nn(Cc2ccccc2Cl)cc1Cl. The van der Waals surface area contributed by atoms with Gasteiger partial charge in [-0.15, -0.1) is 0 Å². The lowest BCUT2D eigenvalue weighted by atomic mass is 10.2. The van der Waals surface area contributed by atoms with Crippen molar-refractivity contribution in [3.05, 3.63) is 68.4 Å². The van der Waals surface area contributed by atoms with E-state index in [0.29, 0.717) is 16.6 Å². The summed E-state index contributed by atoms with van der Waals surface area (Å²) in [4.78, 5) is 22.1. The van der Waals surface area contributed by atoms with E-state index in [4.69, 9.17) is 23.2 Å². The average molecular weight is 409 g/mol. The molecule has 1 aromatic carbocycles. The minimum atomic E-state index is -0.595. The van der Waals surface area contributed by atoms with Gasteiger partial charge >= 0.3 is 5.82 Å². The normalized spacial score (nSPS) is 10.7. The van der Waals surface area contributed by atoms with Crippen molar-refractivity contribution < 1.29 is 9.72 Å². The number of nitrogens with one attached hydrogen (secondary N) is 1. The van der Waals surface area contributed by atoms with Crippen molar-refractivity contribution in [3.63, 3.8) is 0 Å². The van der Waals surface area contributed by atoms with Gasteiger partial charge in [0.1, 0.15) is 5.02 Å². The summed E-state index contributed by atoms with van der Waals surface area (Å²) in [5, 5.41) is 22.1. The second kappa shape index (κ2) is 8.19. The lowest BCUT2D eigenvalue weighted by molar-refractivity contribution is -0.389. The fourth-order valence-electron chi connectivity index (χ4n) is 2.35. The summed E-state index contributed by atoms with van der Waals surface area (Å²) in [6.07, 6.45) is 3.10. The van der Waals surface area contributed by atoms with Gasteiger partial charge in [-0.1, -0.05) is 41.4 Å². The Morgan fingerprint density at radius 3 is 2.63 bits per heavy atom. The number of benzene rings is 1. The molecule has 27 heavy (non-hydrogen) atoms. The molecule has 0 unspecified atom stereocenters. The van der Waals surface area contributed by atoms with Crippen LogP contribution in [0.5, 0.6) is 0 Å². The van der Waals surface area contributed by atoms with Gasteiger partial charge in [0.25, 0.3) is 0 Å². The molecule has 3 rings (SSSR count). The predicted molar refractivity (Wildman–Crippen MR) is 99.9 cm³/mol. The fraction of sp³-hybridized carbons (Fsp3) is 0.188. The largest absolute Gasteiger partial charge is 0.389 e. The van der Waals surface area contributed by atoms with Gasteiger partial charge in [-0.3, -0.25) is 9.48 Å². The van der Waals surface area contributed by atoms with Crippen molar-refractivity contribution in [3.8, 4) is 0 Å². The second-order valence-corrected chi connectivity index (χ2v) is 6.42. The maximum atomic E-state index is 12.1. The highest BCUT2D eigenvalue weighted by Crippen LogP contribution is 2.22. The second-order valence-electron chi connectivity index (χ2n) is 5.61. The van der Waals surface area contributed by atoms with Crippen molar-refractivity contribution in [1.82, 2.24) is 19.6 Å². The Bertz CT molecular complexity index is 984. The number of nitro groups is 1. The topological polar surface area (TPSA) is 108 Å². The van der Waals surface area contributed by atoms with Crippen LogP contribution in [0.15, 0.2) is 42.7 Å². The van der Waals surface area contributed by atoms with E-state index >= 15 is 0 Å². The Morgan fingerprint density at radius 2 is 1.93 bits per heavy atom. The maximum absolute atomic E-state index is 12.1. The summed E-state index contributed by atoms with van der Waals surface area (Å²) in [5.41, 5.74) is 0.872. The first-order chi connectivity index (χ1) is 12.9. The van der Waals surface area contributed by atoms with Crippen molar-refractivity contribution in [2.75, 3.05) is 5.32 Å². The Morgan fingerprint density at radius 1 is 1.15 bits per heavy atom. The minimum Gasteiger partial charge on any atom is -0.358 e. The lowest BCUT2D eigenvalue weighted by Gasteiger charge is -2.04. The van der Waals surface area contributed by atoms with Crippen LogP contribution in [0.25, 0.3) is 0 Å². The third-order valence-electron chi connectivity index (χ3n) is 3.65. The van der Waals surface area contributed by atoms with E-state index in [2.05, 4.69) is 15.5 Å².